The Labute approximate surface area is 82.0 Å². The minimum atomic E-state index is -3.46. The molecule has 0 atom stereocenters. The van der Waals surface area contributed by atoms with Gasteiger partial charge in [-0.05, 0) is 17.7 Å². The number of nitrogens with one attached hydrogen (secondary N) is 1. The molecule has 0 aliphatic carbocycles. The van der Waals surface area contributed by atoms with Gasteiger partial charge in [-0.15, -0.1) is 0 Å². The van der Waals surface area contributed by atoms with Crippen LogP contribution in [0.1, 0.15) is 5.56 Å². The molecule has 0 amide bonds. The van der Waals surface area contributed by atoms with Crippen LogP contribution in [0.15, 0.2) is 18.2 Å². The first kappa shape index (κ1) is 10.9. The summed E-state index contributed by atoms with van der Waals surface area (Å²) in [7, 11) is -3.46. The Bertz CT molecular complexity index is 431. The van der Waals surface area contributed by atoms with Gasteiger partial charge >= 0.3 is 0 Å². The first-order valence-corrected chi connectivity index (χ1v) is 5.78. The fourth-order valence-electron chi connectivity index (χ4n) is 0.977. The highest BCUT2D eigenvalue weighted by molar-refractivity contribution is 7.92. The molecule has 3 N–H and O–H groups in total. The molecule has 1 rings (SSSR count). The van der Waals surface area contributed by atoms with Gasteiger partial charge in [0.1, 0.15) is 5.82 Å². The van der Waals surface area contributed by atoms with E-state index in [1.807, 2.05) is 0 Å². The fraction of sp³-hybridized carbons (Fsp3) is 0.250. The molecule has 0 spiro atoms. The van der Waals surface area contributed by atoms with E-state index in [2.05, 4.69) is 4.72 Å². The number of hydrogen-bond donors (Lipinski definition) is 2. The zero-order chi connectivity index (χ0) is 10.8. The van der Waals surface area contributed by atoms with Gasteiger partial charge in [-0.25, -0.2) is 12.8 Å². The van der Waals surface area contributed by atoms with Crippen LogP contribution in [0.2, 0.25) is 0 Å². The highest BCUT2D eigenvalue weighted by Gasteiger charge is 2.07. The van der Waals surface area contributed by atoms with Crippen molar-refractivity contribution in [2.45, 2.75) is 6.54 Å². The third kappa shape index (κ3) is 2.97. The average Bonchev–Trinajstić information content (AvgIpc) is 2.06. The molecule has 1 aromatic carbocycles. The van der Waals surface area contributed by atoms with Gasteiger partial charge < -0.3 is 5.73 Å². The molecule has 0 radical (unpaired) electrons. The van der Waals surface area contributed by atoms with E-state index in [0.717, 1.165) is 6.26 Å². The van der Waals surface area contributed by atoms with E-state index in [1.165, 1.54) is 18.2 Å². The smallest absolute Gasteiger partial charge is 0.229 e. The molecule has 14 heavy (non-hydrogen) atoms. The monoisotopic (exact) mass is 218 g/mol. The van der Waals surface area contributed by atoms with Crippen molar-refractivity contribution in [1.82, 2.24) is 0 Å². The molecule has 0 aromatic heterocycles. The van der Waals surface area contributed by atoms with Crippen LogP contribution < -0.4 is 10.5 Å². The van der Waals surface area contributed by atoms with Gasteiger partial charge in [-0.3, -0.25) is 4.72 Å². The number of benzene rings is 1. The molecule has 0 saturated carbocycles. The molecule has 0 aliphatic heterocycles. The standard InChI is InChI=1S/C8H11FN2O2S/c1-14(12,13)11-8-4-6(5-10)2-3-7(8)9/h2-4,11H,5,10H2,1H3. The van der Waals surface area contributed by atoms with Crippen molar-refractivity contribution in [3.8, 4) is 0 Å². The summed E-state index contributed by atoms with van der Waals surface area (Å²) in [6.07, 6.45) is 0.960. The van der Waals surface area contributed by atoms with Crippen LogP contribution >= 0.6 is 0 Å². The van der Waals surface area contributed by atoms with Crippen LogP contribution in [0.4, 0.5) is 10.1 Å². The Morgan fingerprint density at radius 3 is 2.64 bits per heavy atom. The van der Waals surface area contributed by atoms with E-state index >= 15 is 0 Å². The van der Waals surface area contributed by atoms with E-state index in [9.17, 15) is 12.8 Å². The summed E-state index contributed by atoms with van der Waals surface area (Å²) in [5.41, 5.74) is 5.92. The summed E-state index contributed by atoms with van der Waals surface area (Å²) >= 11 is 0. The van der Waals surface area contributed by atoms with Gasteiger partial charge in [0, 0.05) is 6.54 Å². The first-order chi connectivity index (χ1) is 6.42. The van der Waals surface area contributed by atoms with Crippen molar-refractivity contribution in [2.75, 3.05) is 11.0 Å². The number of anilines is 1. The largest absolute Gasteiger partial charge is 0.326 e. The van der Waals surface area contributed by atoms with Gasteiger partial charge in [-0.2, -0.15) is 0 Å². The van der Waals surface area contributed by atoms with Crippen molar-refractivity contribution in [3.63, 3.8) is 0 Å². The van der Waals surface area contributed by atoms with Crippen molar-refractivity contribution in [1.29, 1.82) is 0 Å². The number of rotatable bonds is 3. The second-order valence-corrected chi connectivity index (χ2v) is 4.64. The molecule has 0 unspecified atom stereocenters. The molecule has 0 aliphatic rings. The summed E-state index contributed by atoms with van der Waals surface area (Å²) < 4.78 is 36.8. The third-order valence-electron chi connectivity index (χ3n) is 1.56. The lowest BCUT2D eigenvalue weighted by Gasteiger charge is -2.06. The van der Waals surface area contributed by atoms with Gasteiger partial charge in [0.15, 0.2) is 0 Å². The number of halogens is 1. The van der Waals surface area contributed by atoms with Crippen LogP contribution in [0.3, 0.4) is 0 Å². The molecule has 0 saturated heterocycles. The zero-order valence-corrected chi connectivity index (χ0v) is 8.44. The van der Waals surface area contributed by atoms with Crippen molar-refractivity contribution in [3.05, 3.63) is 29.6 Å². The van der Waals surface area contributed by atoms with Gasteiger partial charge in [0.2, 0.25) is 10.0 Å². The van der Waals surface area contributed by atoms with Crippen molar-refractivity contribution in [2.24, 2.45) is 5.73 Å². The second-order valence-electron chi connectivity index (χ2n) is 2.89. The number of hydrogen-bond acceptors (Lipinski definition) is 3. The lowest BCUT2D eigenvalue weighted by molar-refractivity contribution is 0.603. The van der Waals surface area contributed by atoms with E-state index in [-0.39, 0.29) is 12.2 Å². The maximum absolute atomic E-state index is 13.1. The summed E-state index contributed by atoms with van der Waals surface area (Å²) in [5, 5.41) is 0. The Kier molecular flexibility index (Phi) is 3.07. The lowest BCUT2D eigenvalue weighted by atomic mass is 10.2. The number of sulfonamides is 1. The third-order valence-corrected chi connectivity index (χ3v) is 2.15. The van der Waals surface area contributed by atoms with Gasteiger partial charge in [0.25, 0.3) is 0 Å². The van der Waals surface area contributed by atoms with Gasteiger partial charge in [0.05, 0.1) is 11.9 Å². The SMILES string of the molecule is CS(=O)(=O)Nc1cc(CN)ccc1F. The Morgan fingerprint density at radius 1 is 1.50 bits per heavy atom. The molecule has 6 heteroatoms. The normalized spacial score (nSPS) is 11.4. The lowest BCUT2D eigenvalue weighted by Crippen LogP contribution is -2.11. The molecule has 0 bridgehead atoms. The Balaban J connectivity index is 3.07. The molecule has 0 heterocycles. The predicted octanol–water partition coefficient (Wildman–Crippen LogP) is 0.656. The average molecular weight is 218 g/mol. The first-order valence-electron chi connectivity index (χ1n) is 3.88. The van der Waals surface area contributed by atoms with Crippen molar-refractivity contribution < 1.29 is 12.8 Å². The van der Waals surface area contributed by atoms with E-state index in [1.54, 1.807) is 0 Å². The molecule has 0 fully saturated rings. The maximum Gasteiger partial charge on any atom is 0.229 e. The molecular weight excluding hydrogens is 207 g/mol. The Morgan fingerprint density at radius 2 is 2.14 bits per heavy atom. The highest BCUT2D eigenvalue weighted by Crippen LogP contribution is 2.16. The molecule has 4 nitrogen and oxygen atoms in total. The van der Waals surface area contributed by atoms with Crippen LogP contribution in [0.5, 0.6) is 0 Å². The van der Waals surface area contributed by atoms with E-state index in [0.29, 0.717) is 5.56 Å². The highest BCUT2D eigenvalue weighted by atomic mass is 32.2. The molecule has 78 valence electrons. The summed E-state index contributed by atoms with van der Waals surface area (Å²) in [4.78, 5) is 0. The maximum atomic E-state index is 13.1. The zero-order valence-electron chi connectivity index (χ0n) is 7.62. The molecule has 1 aromatic rings. The summed E-state index contributed by atoms with van der Waals surface area (Å²) in [5.74, 6) is -0.618. The fourth-order valence-corrected chi connectivity index (χ4v) is 1.53. The van der Waals surface area contributed by atoms with Crippen LogP contribution in [-0.2, 0) is 16.6 Å². The van der Waals surface area contributed by atoms with E-state index in [4.69, 9.17) is 5.73 Å². The topological polar surface area (TPSA) is 72.2 Å². The molecular formula is C8H11FN2O2S. The summed E-state index contributed by atoms with van der Waals surface area (Å²) in [6.45, 7) is 0.235. The van der Waals surface area contributed by atoms with E-state index < -0.39 is 15.8 Å². The number of nitrogens with two attached hydrogens (primary N) is 1. The second kappa shape index (κ2) is 3.93. The van der Waals surface area contributed by atoms with Crippen molar-refractivity contribution >= 4 is 15.7 Å². The van der Waals surface area contributed by atoms with Crippen LogP contribution in [-0.4, -0.2) is 14.7 Å². The summed E-state index contributed by atoms with van der Waals surface area (Å²) in [6, 6.07) is 4.05. The quantitative estimate of drug-likeness (QED) is 0.782. The van der Waals surface area contributed by atoms with Crippen LogP contribution in [0, 0.1) is 5.82 Å². The van der Waals surface area contributed by atoms with Gasteiger partial charge in [-0.1, -0.05) is 6.07 Å². The minimum absolute atomic E-state index is 0.0737. The van der Waals surface area contributed by atoms with Crippen LogP contribution in [0.25, 0.3) is 0 Å². The predicted molar refractivity (Wildman–Crippen MR) is 52.8 cm³/mol. The Hall–Kier alpha value is -1.14. The minimum Gasteiger partial charge on any atom is -0.326 e.